The van der Waals surface area contributed by atoms with Gasteiger partial charge in [-0.15, -0.1) is 22.7 Å². The third kappa shape index (κ3) is 3.02. The number of hydrogen-bond donors (Lipinski definition) is 2. The summed E-state index contributed by atoms with van der Waals surface area (Å²) in [5, 5.41) is 14.5. The fraction of sp³-hybridized carbons (Fsp3) is 0.333. The van der Waals surface area contributed by atoms with Gasteiger partial charge in [-0.3, -0.25) is 4.79 Å². The molecule has 0 aliphatic rings. The number of nitrogens with zero attached hydrogens (tertiary/aromatic N) is 2. The van der Waals surface area contributed by atoms with Crippen LogP contribution in [0.4, 0.5) is 0 Å². The summed E-state index contributed by atoms with van der Waals surface area (Å²) >= 11 is 2.55. The number of aromatic carboxylic acids is 1. The van der Waals surface area contributed by atoms with Crippen LogP contribution in [0.5, 0.6) is 0 Å². The van der Waals surface area contributed by atoms with Crippen LogP contribution in [0.2, 0.25) is 0 Å². The van der Waals surface area contributed by atoms with Crippen molar-refractivity contribution in [1.29, 1.82) is 0 Å². The summed E-state index contributed by atoms with van der Waals surface area (Å²) in [4.78, 5) is 31.7. The Kier molecular flexibility index (Phi) is 4.15. The number of carboxylic acid groups (broad SMARTS) is 1. The van der Waals surface area contributed by atoms with E-state index in [1.54, 1.807) is 13.8 Å². The molecule has 1 amide bonds. The lowest BCUT2D eigenvalue weighted by Crippen LogP contribution is -2.26. The number of amides is 1. The Morgan fingerprint density at radius 1 is 1.35 bits per heavy atom. The first-order valence-corrected chi connectivity index (χ1v) is 7.51. The van der Waals surface area contributed by atoms with Crippen molar-refractivity contribution in [3.63, 3.8) is 0 Å². The van der Waals surface area contributed by atoms with Gasteiger partial charge in [0.2, 0.25) is 0 Å². The molecule has 2 heterocycles. The maximum absolute atomic E-state index is 12.1. The summed E-state index contributed by atoms with van der Waals surface area (Å²) in [5.41, 5.74) is 0.693. The number of nitrogens with one attached hydrogen (secondary N) is 1. The van der Waals surface area contributed by atoms with Gasteiger partial charge in [0, 0.05) is 5.38 Å². The summed E-state index contributed by atoms with van der Waals surface area (Å²) < 4.78 is 0. The topological polar surface area (TPSA) is 92.2 Å². The van der Waals surface area contributed by atoms with E-state index in [1.165, 1.54) is 28.1 Å². The van der Waals surface area contributed by atoms with Gasteiger partial charge < -0.3 is 10.4 Å². The van der Waals surface area contributed by atoms with Gasteiger partial charge in [0.1, 0.15) is 9.88 Å². The van der Waals surface area contributed by atoms with Crippen molar-refractivity contribution in [3.05, 3.63) is 31.7 Å². The molecule has 2 N–H and O–H groups in total. The van der Waals surface area contributed by atoms with Gasteiger partial charge >= 0.3 is 5.97 Å². The van der Waals surface area contributed by atoms with Gasteiger partial charge in [-0.2, -0.15) is 0 Å². The van der Waals surface area contributed by atoms with Crippen LogP contribution >= 0.6 is 22.7 Å². The molecule has 106 valence electrons. The number of carbonyl (C=O) groups excluding carboxylic acids is 1. The fourth-order valence-corrected chi connectivity index (χ4v) is 3.27. The Morgan fingerprint density at radius 3 is 2.55 bits per heavy atom. The molecule has 2 aromatic rings. The maximum atomic E-state index is 12.1. The van der Waals surface area contributed by atoms with E-state index in [0.717, 1.165) is 5.01 Å². The van der Waals surface area contributed by atoms with E-state index in [1.807, 2.05) is 6.92 Å². The highest BCUT2D eigenvalue weighted by atomic mass is 32.1. The largest absolute Gasteiger partial charge is 0.476 e. The SMILES string of the molecule is Cc1nc(C)c(C(=O)NC(C)c2nc(C(=O)O)cs2)s1. The van der Waals surface area contributed by atoms with Crippen molar-refractivity contribution in [2.75, 3.05) is 0 Å². The molecule has 0 radical (unpaired) electrons. The fourth-order valence-electron chi connectivity index (χ4n) is 1.65. The standard InChI is InChI=1S/C12H13N3O3S2/c1-5-9(20-7(3)13-5)10(16)14-6(2)11-15-8(4-19-11)12(17)18/h4,6H,1-3H3,(H,14,16)(H,17,18). The quantitative estimate of drug-likeness (QED) is 0.904. The highest BCUT2D eigenvalue weighted by Crippen LogP contribution is 2.21. The normalized spacial score (nSPS) is 12.2. The number of carbonyl (C=O) groups is 2. The molecule has 2 rings (SSSR count). The van der Waals surface area contributed by atoms with Gasteiger partial charge in [-0.1, -0.05) is 0 Å². The third-order valence-corrected chi connectivity index (χ3v) is 4.67. The number of hydrogen-bond acceptors (Lipinski definition) is 6. The Bertz CT molecular complexity index is 663. The highest BCUT2D eigenvalue weighted by Gasteiger charge is 2.19. The summed E-state index contributed by atoms with van der Waals surface area (Å²) in [5.74, 6) is -1.28. The number of aromatic nitrogens is 2. The third-order valence-electron chi connectivity index (χ3n) is 2.57. The van der Waals surface area contributed by atoms with Gasteiger partial charge in [0.05, 0.1) is 16.7 Å². The van der Waals surface area contributed by atoms with Crippen molar-refractivity contribution in [2.24, 2.45) is 0 Å². The van der Waals surface area contributed by atoms with E-state index < -0.39 is 5.97 Å². The van der Waals surface area contributed by atoms with Gasteiger partial charge in [0.15, 0.2) is 5.69 Å². The lowest BCUT2D eigenvalue weighted by Gasteiger charge is -2.10. The van der Waals surface area contributed by atoms with Crippen LogP contribution in [0.25, 0.3) is 0 Å². The lowest BCUT2D eigenvalue weighted by atomic mass is 10.3. The predicted molar refractivity (Wildman–Crippen MR) is 76.5 cm³/mol. The van der Waals surface area contributed by atoms with Crippen molar-refractivity contribution in [3.8, 4) is 0 Å². The minimum Gasteiger partial charge on any atom is -0.476 e. The van der Waals surface area contributed by atoms with E-state index in [9.17, 15) is 9.59 Å². The molecule has 0 aromatic carbocycles. The van der Waals surface area contributed by atoms with Crippen LogP contribution in [-0.4, -0.2) is 27.0 Å². The molecule has 2 aromatic heterocycles. The van der Waals surface area contributed by atoms with E-state index in [4.69, 9.17) is 5.11 Å². The predicted octanol–water partition coefficient (Wildman–Crippen LogP) is 2.41. The highest BCUT2D eigenvalue weighted by molar-refractivity contribution is 7.13. The Hall–Kier alpha value is -1.80. The van der Waals surface area contributed by atoms with Crippen molar-refractivity contribution in [1.82, 2.24) is 15.3 Å². The Labute approximate surface area is 123 Å². The van der Waals surface area contributed by atoms with Crippen molar-refractivity contribution < 1.29 is 14.7 Å². The van der Waals surface area contributed by atoms with E-state index >= 15 is 0 Å². The molecule has 0 aliphatic carbocycles. The van der Waals surface area contributed by atoms with Crippen molar-refractivity contribution >= 4 is 34.6 Å². The van der Waals surface area contributed by atoms with E-state index in [-0.39, 0.29) is 17.6 Å². The summed E-state index contributed by atoms with van der Waals surface area (Å²) in [6, 6.07) is -0.345. The molecule has 0 bridgehead atoms. The number of aryl methyl sites for hydroxylation is 2. The van der Waals surface area contributed by atoms with Crippen LogP contribution in [0.3, 0.4) is 0 Å². The van der Waals surface area contributed by atoms with E-state index in [2.05, 4.69) is 15.3 Å². The molecule has 0 spiro atoms. The lowest BCUT2D eigenvalue weighted by molar-refractivity contribution is 0.0691. The van der Waals surface area contributed by atoms with Gasteiger partial charge in [-0.25, -0.2) is 14.8 Å². The van der Waals surface area contributed by atoms with Crippen LogP contribution in [0.15, 0.2) is 5.38 Å². The first kappa shape index (κ1) is 14.6. The summed E-state index contributed by atoms with van der Waals surface area (Å²) in [6.45, 7) is 5.40. The van der Waals surface area contributed by atoms with Crippen LogP contribution in [0.1, 0.15) is 48.8 Å². The van der Waals surface area contributed by atoms with Gasteiger partial charge in [0.25, 0.3) is 5.91 Å². The minimum atomic E-state index is -1.07. The second-order valence-electron chi connectivity index (χ2n) is 4.22. The average Bonchev–Trinajstić information content (AvgIpc) is 2.95. The minimum absolute atomic E-state index is 0.00378. The first-order chi connectivity index (χ1) is 9.38. The molecule has 20 heavy (non-hydrogen) atoms. The second kappa shape index (κ2) is 5.68. The molecule has 0 fully saturated rings. The zero-order valence-corrected chi connectivity index (χ0v) is 12.8. The van der Waals surface area contributed by atoms with E-state index in [0.29, 0.717) is 15.6 Å². The molecular weight excluding hydrogens is 298 g/mol. The second-order valence-corrected chi connectivity index (χ2v) is 6.31. The smallest absolute Gasteiger partial charge is 0.355 e. The Balaban J connectivity index is 2.10. The van der Waals surface area contributed by atoms with Crippen LogP contribution in [-0.2, 0) is 0 Å². The van der Waals surface area contributed by atoms with Crippen molar-refractivity contribution in [2.45, 2.75) is 26.8 Å². The number of rotatable bonds is 4. The number of carboxylic acids is 1. The molecule has 1 atom stereocenters. The van der Waals surface area contributed by atoms with Crippen LogP contribution in [0, 0.1) is 13.8 Å². The number of thiazole rings is 2. The molecular formula is C12H13N3O3S2. The van der Waals surface area contributed by atoms with Gasteiger partial charge in [-0.05, 0) is 20.8 Å². The molecule has 0 saturated carbocycles. The Morgan fingerprint density at radius 2 is 2.05 bits per heavy atom. The zero-order valence-electron chi connectivity index (χ0n) is 11.1. The molecule has 0 aliphatic heterocycles. The average molecular weight is 311 g/mol. The molecule has 1 unspecified atom stereocenters. The molecule has 6 nitrogen and oxygen atoms in total. The summed E-state index contributed by atoms with van der Waals surface area (Å²) in [6.07, 6.45) is 0. The summed E-state index contributed by atoms with van der Waals surface area (Å²) in [7, 11) is 0. The first-order valence-electron chi connectivity index (χ1n) is 5.82. The van der Waals surface area contributed by atoms with Crippen LogP contribution < -0.4 is 5.32 Å². The zero-order chi connectivity index (χ0) is 14.9. The maximum Gasteiger partial charge on any atom is 0.355 e. The monoisotopic (exact) mass is 311 g/mol. The molecule has 8 heteroatoms. The molecule has 0 saturated heterocycles.